The van der Waals surface area contributed by atoms with Gasteiger partial charge in [-0.2, -0.15) is 0 Å². The molecule has 0 aromatic heterocycles. The molecule has 1 heterocycles. The van der Waals surface area contributed by atoms with Crippen molar-refractivity contribution in [3.8, 4) is 0 Å². The molecule has 9 heavy (non-hydrogen) atoms. The quantitative estimate of drug-likeness (QED) is 0.506. The van der Waals surface area contributed by atoms with Crippen LogP contribution in [0.25, 0.3) is 0 Å². The minimum Gasteiger partial charge on any atom is -0.394 e. The van der Waals surface area contributed by atoms with E-state index in [1.807, 2.05) is 0 Å². The predicted octanol–water partition coefficient (Wildman–Crippen LogP) is -0.483. The Labute approximate surface area is 54.3 Å². The minimum absolute atomic E-state index is 0.0153. The molecule has 1 saturated heterocycles. The Morgan fingerprint density at radius 3 is 2.56 bits per heavy atom. The number of ether oxygens (including phenoxy) is 1. The van der Waals surface area contributed by atoms with Gasteiger partial charge in [-0.15, -0.1) is 0 Å². The molecule has 1 fully saturated rings. The Morgan fingerprint density at radius 2 is 2.33 bits per heavy atom. The summed E-state index contributed by atoms with van der Waals surface area (Å²) in [6.45, 7) is 1.82. The van der Waals surface area contributed by atoms with Crippen LogP contribution in [0.3, 0.4) is 0 Å². The molecule has 3 nitrogen and oxygen atoms in total. The molecule has 3 atom stereocenters. The highest BCUT2D eigenvalue weighted by atomic mass is 16.5. The Hall–Kier alpha value is -0.120. The predicted molar refractivity (Wildman–Crippen MR) is 32.0 cm³/mol. The van der Waals surface area contributed by atoms with Crippen molar-refractivity contribution < 1.29 is 14.9 Å². The number of hydrogen-bond acceptors (Lipinski definition) is 3. The number of aliphatic hydroxyl groups is 2. The van der Waals surface area contributed by atoms with Gasteiger partial charge in [-0.3, -0.25) is 0 Å². The third-order valence-electron chi connectivity index (χ3n) is 1.66. The SMILES string of the molecule is C[C@H]1O[C@H](CO)C[C@H]1O. The summed E-state index contributed by atoms with van der Waals surface area (Å²) in [4.78, 5) is 0. The Bertz CT molecular complexity index is 84.3. The van der Waals surface area contributed by atoms with E-state index in [2.05, 4.69) is 0 Å². The Morgan fingerprint density at radius 1 is 1.67 bits per heavy atom. The van der Waals surface area contributed by atoms with E-state index in [4.69, 9.17) is 14.9 Å². The topological polar surface area (TPSA) is 49.7 Å². The Kier molecular flexibility index (Phi) is 2.05. The van der Waals surface area contributed by atoms with Gasteiger partial charge >= 0.3 is 0 Å². The zero-order valence-corrected chi connectivity index (χ0v) is 5.45. The molecule has 2 N–H and O–H groups in total. The molecule has 0 aromatic rings. The molecule has 1 rings (SSSR count). The summed E-state index contributed by atoms with van der Waals surface area (Å²) >= 11 is 0. The van der Waals surface area contributed by atoms with Gasteiger partial charge in [0, 0.05) is 6.42 Å². The largest absolute Gasteiger partial charge is 0.394 e. The van der Waals surface area contributed by atoms with Crippen LogP contribution in [-0.4, -0.2) is 35.1 Å². The second kappa shape index (κ2) is 2.64. The molecule has 0 aromatic carbocycles. The molecule has 1 aliphatic heterocycles. The van der Waals surface area contributed by atoms with E-state index < -0.39 is 0 Å². The maximum Gasteiger partial charge on any atom is 0.0836 e. The van der Waals surface area contributed by atoms with E-state index in [1.165, 1.54) is 0 Å². The highest BCUT2D eigenvalue weighted by Crippen LogP contribution is 2.18. The molecule has 0 amide bonds. The smallest absolute Gasteiger partial charge is 0.0836 e. The van der Waals surface area contributed by atoms with Gasteiger partial charge in [0.2, 0.25) is 0 Å². The number of aliphatic hydroxyl groups excluding tert-OH is 2. The second-order valence-corrected chi connectivity index (χ2v) is 2.45. The summed E-state index contributed by atoms with van der Waals surface area (Å²) in [7, 11) is 0. The monoisotopic (exact) mass is 132 g/mol. The highest BCUT2D eigenvalue weighted by Gasteiger charge is 2.29. The van der Waals surface area contributed by atoms with Crippen LogP contribution < -0.4 is 0 Å². The first kappa shape index (κ1) is 6.99. The first-order valence-electron chi connectivity index (χ1n) is 3.18. The molecular weight excluding hydrogens is 120 g/mol. The van der Waals surface area contributed by atoms with Gasteiger partial charge in [0.25, 0.3) is 0 Å². The van der Waals surface area contributed by atoms with Crippen LogP contribution in [0.4, 0.5) is 0 Å². The lowest BCUT2D eigenvalue weighted by Gasteiger charge is -2.05. The number of rotatable bonds is 1. The van der Waals surface area contributed by atoms with Crippen molar-refractivity contribution in [3.05, 3.63) is 0 Å². The van der Waals surface area contributed by atoms with Crippen molar-refractivity contribution in [2.75, 3.05) is 6.61 Å². The summed E-state index contributed by atoms with van der Waals surface area (Å²) in [5.74, 6) is 0. The zero-order valence-electron chi connectivity index (χ0n) is 5.45. The van der Waals surface area contributed by atoms with Crippen molar-refractivity contribution >= 4 is 0 Å². The third-order valence-corrected chi connectivity index (χ3v) is 1.66. The van der Waals surface area contributed by atoms with Gasteiger partial charge in [0.05, 0.1) is 24.9 Å². The molecule has 0 saturated carbocycles. The lowest BCUT2D eigenvalue weighted by molar-refractivity contribution is 0.000607. The Balaban J connectivity index is 2.35. The summed E-state index contributed by atoms with van der Waals surface area (Å²) in [6, 6.07) is 0. The molecule has 3 heteroatoms. The first-order chi connectivity index (χ1) is 4.24. The maximum atomic E-state index is 9.06. The van der Waals surface area contributed by atoms with Crippen molar-refractivity contribution in [2.45, 2.75) is 31.7 Å². The fourth-order valence-electron chi connectivity index (χ4n) is 1.03. The summed E-state index contributed by atoms with van der Waals surface area (Å²) in [6.07, 6.45) is -0.0724. The van der Waals surface area contributed by atoms with Crippen LogP contribution >= 0.6 is 0 Å². The summed E-state index contributed by atoms with van der Waals surface area (Å²) in [5, 5.41) is 17.6. The average molecular weight is 132 g/mol. The van der Waals surface area contributed by atoms with Crippen molar-refractivity contribution in [1.82, 2.24) is 0 Å². The van der Waals surface area contributed by atoms with E-state index in [0.717, 1.165) is 0 Å². The fourth-order valence-corrected chi connectivity index (χ4v) is 1.03. The van der Waals surface area contributed by atoms with Crippen LogP contribution in [0, 0.1) is 0 Å². The lowest BCUT2D eigenvalue weighted by Crippen LogP contribution is -2.15. The van der Waals surface area contributed by atoms with Crippen LogP contribution in [0.1, 0.15) is 13.3 Å². The van der Waals surface area contributed by atoms with E-state index in [1.54, 1.807) is 6.92 Å². The van der Waals surface area contributed by atoms with E-state index in [9.17, 15) is 0 Å². The van der Waals surface area contributed by atoms with Crippen LogP contribution in [-0.2, 0) is 4.74 Å². The average Bonchev–Trinajstić information content (AvgIpc) is 2.13. The molecule has 0 spiro atoms. The minimum atomic E-state index is -0.387. The normalized spacial score (nSPS) is 43.7. The fraction of sp³-hybridized carbons (Fsp3) is 1.00. The standard InChI is InChI=1S/C6H12O3/c1-4-6(8)2-5(3-7)9-4/h4-8H,2-3H2,1H3/t4-,5+,6-/m1/s1. The van der Waals surface area contributed by atoms with Gasteiger partial charge < -0.3 is 14.9 Å². The number of hydrogen-bond donors (Lipinski definition) is 2. The van der Waals surface area contributed by atoms with Crippen molar-refractivity contribution in [2.24, 2.45) is 0 Å². The molecule has 0 radical (unpaired) electrons. The van der Waals surface area contributed by atoms with E-state index in [0.29, 0.717) is 6.42 Å². The second-order valence-electron chi connectivity index (χ2n) is 2.45. The third kappa shape index (κ3) is 1.41. The van der Waals surface area contributed by atoms with Crippen molar-refractivity contribution in [3.63, 3.8) is 0 Å². The van der Waals surface area contributed by atoms with E-state index in [-0.39, 0.29) is 24.9 Å². The molecule has 0 aliphatic carbocycles. The highest BCUT2D eigenvalue weighted by molar-refractivity contribution is 4.77. The van der Waals surface area contributed by atoms with Gasteiger partial charge in [-0.25, -0.2) is 0 Å². The van der Waals surface area contributed by atoms with Crippen LogP contribution in [0.5, 0.6) is 0 Å². The lowest BCUT2D eigenvalue weighted by atomic mass is 10.2. The molecular formula is C6H12O3. The van der Waals surface area contributed by atoms with Crippen molar-refractivity contribution in [1.29, 1.82) is 0 Å². The summed E-state index contributed by atoms with van der Waals surface area (Å²) in [5.41, 5.74) is 0. The molecule has 0 bridgehead atoms. The van der Waals surface area contributed by atoms with Gasteiger partial charge in [-0.1, -0.05) is 0 Å². The van der Waals surface area contributed by atoms with Gasteiger partial charge in [0.1, 0.15) is 0 Å². The molecule has 0 unspecified atom stereocenters. The summed E-state index contributed by atoms with van der Waals surface area (Å²) < 4.78 is 5.12. The van der Waals surface area contributed by atoms with E-state index >= 15 is 0 Å². The van der Waals surface area contributed by atoms with Gasteiger partial charge in [-0.05, 0) is 6.92 Å². The maximum absolute atomic E-state index is 9.06. The first-order valence-corrected chi connectivity index (χ1v) is 3.18. The van der Waals surface area contributed by atoms with Gasteiger partial charge in [0.15, 0.2) is 0 Å². The molecule has 1 aliphatic rings. The van der Waals surface area contributed by atoms with Crippen LogP contribution in [0.2, 0.25) is 0 Å². The zero-order chi connectivity index (χ0) is 6.85. The van der Waals surface area contributed by atoms with Crippen LogP contribution in [0.15, 0.2) is 0 Å². The molecule has 54 valence electrons.